The van der Waals surface area contributed by atoms with Crippen LogP contribution in [0, 0.1) is 6.92 Å². The molecule has 1 aromatic rings. The van der Waals surface area contributed by atoms with Gasteiger partial charge in [0.25, 0.3) is 0 Å². The quantitative estimate of drug-likeness (QED) is 0.782. The maximum absolute atomic E-state index is 12.5. The normalized spacial score (nSPS) is 11.2. The van der Waals surface area contributed by atoms with Crippen LogP contribution in [0.5, 0.6) is 5.75 Å². The van der Waals surface area contributed by atoms with Gasteiger partial charge in [-0.15, -0.1) is 0 Å². The number of alkyl halides is 3. The van der Waals surface area contributed by atoms with Gasteiger partial charge in [0.15, 0.2) is 6.61 Å². The Bertz CT molecular complexity index is 427. The number of aryl methyl sites for hydroxylation is 1. The van der Waals surface area contributed by atoms with Gasteiger partial charge in [0.05, 0.1) is 12.2 Å². The molecule has 0 aliphatic heterocycles. The zero-order valence-electron chi connectivity index (χ0n) is 10.0. The number of ether oxygens (including phenoxy) is 2. The molecule has 100 valence electrons. The molecule has 0 aliphatic rings. The van der Waals surface area contributed by atoms with Gasteiger partial charge in [-0.3, -0.25) is 0 Å². The fourth-order valence-corrected chi connectivity index (χ4v) is 1.39. The number of carbonyl (C=O) groups is 1. The van der Waals surface area contributed by atoms with Crippen LogP contribution in [0.1, 0.15) is 18.1 Å². The van der Waals surface area contributed by atoms with Crippen LogP contribution >= 0.6 is 0 Å². The lowest BCUT2D eigenvalue weighted by Gasteiger charge is -2.12. The Hall–Kier alpha value is -1.72. The Morgan fingerprint density at radius 2 is 2.00 bits per heavy atom. The lowest BCUT2D eigenvalue weighted by Crippen LogP contribution is -2.15. The lowest BCUT2D eigenvalue weighted by molar-refractivity contribution is -0.145. The van der Waals surface area contributed by atoms with Crippen molar-refractivity contribution in [3.8, 4) is 5.75 Å². The predicted molar refractivity (Wildman–Crippen MR) is 58.3 cm³/mol. The van der Waals surface area contributed by atoms with E-state index >= 15 is 0 Å². The highest BCUT2D eigenvalue weighted by Gasteiger charge is 2.32. The second-order valence-corrected chi connectivity index (χ2v) is 3.57. The minimum atomic E-state index is -4.39. The first-order chi connectivity index (χ1) is 8.34. The molecule has 1 aromatic carbocycles. The van der Waals surface area contributed by atoms with E-state index in [1.807, 2.05) is 0 Å². The van der Waals surface area contributed by atoms with Gasteiger partial charge in [-0.25, -0.2) is 4.79 Å². The molecule has 0 aromatic heterocycles. The first kappa shape index (κ1) is 14.3. The van der Waals surface area contributed by atoms with Crippen molar-refractivity contribution < 1.29 is 27.4 Å². The Kier molecular flexibility index (Phi) is 4.58. The SMILES string of the molecule is CCOC(=O)COc1ccc(C(F)(F)F)c(C)c1. The van der Waals surface area contributed by atoms with Crippen molar-refractivity contribution >= 4 is 5.97 Å². The van der Waals surface area contributed by atoms with Gasteiger partial charge in [0, 0.05) is 0 Å². The molecule has 3 nitrogen and oxygen atoms in total. The van der Waals surface area contributed by atoms with Gasteiger partial charge in [-0.2, -0.15) is 13.2 Å². The van der Waals surface area contributed by atoms with E-state index in [-0.39, 0.29) is 24.5 Å². The van der Waals surface area contributed by atoms with Crippen LogP contribution in [0.2, 0.25) is 0 Å². The zero-order chi connectivity index (χ0) is 13.8. The number of hydrogen-bond donors (Lipinski definition) is 0. The molecule has 0 heterocycles. The van der Waals surface area contributed by atoms with Gasteiger partial charge in [0.2, 0.25) is 0 Å². The Balaban J connectivity index is 2.71. The van der Waals surface area contributed by atoms with Crippen LogP contribution in [0.4, 0.5) is 13.2 Å². The van der Waals surface area contributed by atoms with E-state index in [9.17, 15) is 18.0 Å². The first-order valence-electron chi connectivity index (χ1n) is 5.31. The fraction of sp³-hybridized carbons (Fsp3) is 0.417. The first-order valence-corrected chi connectivity index (χ1v) is 5.31. The molecule has 0 atom stereocenters. The molecular formula is C12H13F3O3. The molecule has 0 radical (unpaired) electrons. The minimum absolute atomic E-state index is 0.0452. The average Bonchev–Trinajstić information content (AvgIpc) is 2.25. The third-order valence-electron chi connectivity index (χ3n) is 2.17. The Labute approximate surface area is 103 Å². The highest BCUT2D eigenvalue weighted by atomic mass is 19.4. The van der Waals surface area contributed by atoms with Crippen molar-refractivity contribution in [3.05, 3.63) is 29.3 Å². The molecule has 0 fully saturated rings. The van der Waals surface area contributed by atoms with Gasteiger partial charge >= 0.3 is 12.1 Å². The predicted octanol–water partition coefficient (Wildman–Crippen LogP) is 2.96. The van der Waals surface area contributed by atoms with Gasteiger partial charge in [0.1, 0.15) is 5.75 Å². The number of carbonyl (C=O) groups excluding carboxylic acids is 1. The summed E-state index contributed by atoms with van der Waals surface area (Å²) in [5, 5.41) is 0. The molecule has 18 heavy (non-hydrogen) atoms. The van der Waals surface area contributed by atoms with Crippen molar-refractivity contribution in [3.63, 3.8) is 0 Å². The molecule has 0 bridgehead atoms. The smallest absolute Gasteiger partial charge is 0.416 e. The number of benzene rings is 1. The summed E-state index contributed by atoms with van der Waals surface area (Å²) in [6.07, 6.45) is -4.39. The van der Waals surface area contributed by atoms with Crippen molar-refractivity contribution in [2.45, 2.75) is 20.0 Å². The average molecular weight is 262 g/mol. The number of hydrogen-bond acceptors (Lipinski definition) is 3. The number of halogens is 3. The number of rotatable bonds is 4. The third-order valence-corrected chi connectivity index (χ3v) is 2.17. The summed E-state index contributed by atoms with van der Waals surface area (Å²) in [4.78, 5) is 11.0. The molecule has 0 unspecified atom stereocenters. The van der Waals surface area contributed by atoms with Gasteiger partial charge in [-0.1, -0.05) is 0 Å². The minimum Gasteiger partial charge on any atom is -0.482 e. The summed E-state index contributed by atoms with van der Waals surface area (Å²) in [6.45, 7) is 2.90. The zero-order valence-corrected chi connectivity index (χ0v) is 10.0. The Morgan fingerprint density at radius 3 is 2.50 bits per heavy atom. The molecule has 0 amide bonds. The fourth-order valence-electron chi connectivity index (χ4n) is 1.39. The summed E-state index contributed by atoms with van der Waals surface area (Å²) >= 11 is 0. The van der Waals surface area contributed by atoms with Crippen LogP contribution in [-0.2, 0) is 15.7 Å². The van der Waals surface area contributed by atoms with E-state index in [0.717, 1.165) is 6.07 Å². The van der Waals surface area contributed by atoms with Crippen LogP contribution < -0.4 is 4.74 Å². The number of esters is 1. The molecule has 6 heteroatoms. The molecule has 0 saturated heterocycles. The van der Waals surface area contributed by atoms with E-state index in [1.54, 1.807) is 6.92 Å². The van der Waals surface area contributed by atoms with Gasteiger partial charge < -0.3 is 9.47 Å². The second-order valence-electron chi connectivity index (χ2n) is 3.57. The summed E-state index contributed by atoms with van der Waals surface area (Å²) in [7, 11) is 0. The maximum Gasteiger partial charge on any atom is 0.416 e. The standard InChI is InChI=1S/C12H13F3O3/c1-3-17-11(16)7-18-9-4-5-10(8(2)6-9)12(13,14)15/h4-6H,3,7H2,1-2H3. The summed E-state index contributed by atoms with van der Waals surface area (Å²) in [5.74, 6) is -0.358. The molecule has 0 aliphatic carbocycles. The van der Waals surface area contributed by atoms with E-state index < -0.39 is 17.7 Å². The van der Waals surface area contributed by atoms with Gasteiger partial charge in [-0.05, 0) is 37.6 Å². The third kappa shape index (κ3) is 3.94. The van der Waals surface area contributed by atoms with E-state index in [1.165, 1.54) is 19.1 Å². The molecule has 0 spiro atoms. The highest BCUT2D eigenvalue weighted by molar-refractivity contribution is 5.71. The molecule has 1 rings (SSSR count). The largest absolute Gasteiger partial charge is 0.482 e. The topological polar surface area (TPSA) is 35.5 Å². The van der Waals surface area contributed by atoms with E-state index in [2.05, 4.69) is 4.74 Å². The molecular weight excluding hydrogens is 249 g/mol. The van der Waals surface area contributed by atoms with Crippen molar-refractivity contribution in [1.82, 2.24) is 0 Å². The maximum atomic E-state index is 12.5. The summed E-state index contributed by atoms with van der Waals surface area (Å²) in [6, 6.07) is 3.34. The van der Waals surface area contributed by atoms with Crippen molar-refractivity contribution in [1.29, 1.82) is 0 Å². The van der Waals surface area contributed by atoms with E-state index in [0.29, 0.717) is 0 Å². The monoisotopic (exact) mass is 262 g/mol. The Morgan fingerprint density at radius 1 is 1.33 bits per heavy atom. The molecule has 0 N–H and O–H groups in total. The lowest BCUT2D eigenvalue weighted by atomic mass is 10.1. The summed E-state index contributed by atoms with van der Waals surface area (Å²) in [5.41, 5.74) is -0.671. The van der Waals surface area contributed by atoms with Crippen LogP contribution in [-0.4, -0.2) is 19.2 Å². The second kappa shape index (κ2) is 5.75. The van der Waals surface area contributed by atoms with Crippen molar-refractivity contribution in [2.75, 3.05) is 13.2 Å². The molecule has 0 saturated carbocycles. The van der Waals surface area contributed by atoms with Crippen LogP contribution in [0.25, 0.3) is 0 Å². The van der Waals surface area contributed by atoms with Crippen molar-refractivity contribution in [2.24, 2.45) is 0 Å². The van der Waals surface area contributed by atoms with Crippen LogP contribution in [0.15, 0.2) is 18.2 Å². The summed E-state index contributed by atoms with van der Waals surface area (Å²) < 4.78 is 47.1. The highest BCUT2D eigenvalue weighted by Crippen LogP contribution is 2.33. The van der Waals surface area contributed by atoms with Crippen LogP contribution in [0.3, 0.4) is 0 Å². The van der Waals surface area contributed by atoms with E-state index in [4.69, 9.17) is 4.74 Å².